The number of thioether (sulfide) groups is 1. The maximum absolute atomic E-state index is 12.0. The molecule has 2 N–H and O–H groups in total. The number of urea groups is 1. The molecule has 0 unspecified atom stereocenters. The van der Waals surface area contributed by atoms with Crippen molar-refractivity contribution < 1.29 is 19.1 Å². The second-order valence-corrected chi connectivity index (χ2v) is 7.05. The van der Waals surface area contributed by atoms with Gasteiger partial charge in [0, 0.05) is 22.2 Å². The highest BCUT2D eigenvalue weighted by Crippen LogP contribution is 2.24. The molecule has 0 radical (unpaired) electrons. The summed E-state index contributed by atoms with van der Waals surface area (Å²) >= 11 is 7.51. The Labute approximate surface area is 172 Å². The number of benzene rings is 2. The molecule has 2 rings (SSSR count). The van der Waals surface area contributed by atoms with Gasteiger partial charge in [0.05, 0.1) is 5.56 Å². The van der Waals surface area contributed by atoms with Gasteiger partial charge in [0.2, 0.25) is 0 Å². The largest absolute Gasteiger partial charge is 0.452 e. The molecule has 0 aromatic heterocycles. The van der Waals surface area contributed by atoms with Crippen LogP contribution in [0.25, 0.3) is 0 Å². The maximum atomic E-state index is 12.0. The first-order chi connectivity index (χ1) is 13.5. The van der Waals surface area contributed by atoms with Gasteiger partial charge in [-0.3, -0.25) is 10.1 Å². The summed E-state index contributed by atoms with van der Waals surface area (Å²) in [4.78, 5) is 36.0. The molecule has 2 aromatic rings. The molecule has 0 aliphatic heterocycles. The SMILES string of the molecule is C=CCNC(=O)NC(=O)COC(=O)c1ccc(CSc2ccc(Cl)cc2)cc1. The third kappa shape index (κ3) is 7.46. The van der Waals surface area contributed by atoms with Crippen LogP contribution >= 0.6 is 23.4 Å². The Hall–Kier alpha value is -2.77. The number of carbonyl (C=O) groups is 3. The van der Waals surface area contributed by atoms with Crippen molar-refractivity contribution in [3.8, 4) is 0 Å². The van der Waals surface area contributed by atoms with Gasteiger partial charge in [-0.2, -0.15) is 0 Å². The Bertz CT molecular complexity index is 838. The highest BCUT2D eigenvalue weighted by molar-refractivity contribution is 7.98. The molecule has 0 atom stereocenters. The number of halogens is 1. The van der Waals surface area contributed by atoms with Crippen LogP contribution in [0.1, 0.15) is 15.9 Å². The molecule has 28 heavy (non-hydrogen) atoms. The number of hydrogen-bond donors (Lipinski definition) is 2. The molecule has 0 heterocycles. The fraction of sp³-hybridized carbons (Fsp3) is 0.150. The Morgan fingerprint density at radius 2 is 1.75 bits per heavy atom. The second-order valence-electron chi connectivity index (χ2n) is 5.56. The normalized spacial score (nSPS) is 10.0. The second kappa shape index (κ2) is 11.2. The minimum Gasteiger partial charge on any atom is -0.452 e. The van der Waals surface area contributed by atoms with Crippen LogP contribution in [0.2, 0.25) is 5.02 Å². The van der Waals surface area contributed by atoms with Gasteiger partial charge in [0.15, 0.2) is 6.61 Å². The first kappa shape index (κ1) is 21.5. The van der Waals surface area contributed by atoms with E-state index in [1.807, 2.05) is 41.7 Å². The van der Waals surface area contributed by atoms with E-state index < -0.39 is 24.5 Å². The van der Waals surface area contributed by atoms with Gasteiger partial charge < -0.3 is 10.1 Å². The summed E-state index contributed by atoms with van der Waals surface area (Å²) in [7, 11) is 0. The Kier molecular flexibility index (Phi) is 8.58. The molecule has 0 aliphatic rings. The van der Waals surface area contributed by atoms with Crippen molar-refractivity contribution in [2.24, 2.45) is 0 Å². The van der Waals surface area contributed by atoms with Crippen LogP contribution in [0.4, 0.5) is 4.79 Å². The third-order valence-electron chi connectivity index (χ3n) is 3.40. The summed E-state index contributed by atoms with van der Waals surface area (Å²) in [5.74, 6) is -0.622. The van der Waals surface area contributed by atoms with E-state index in [-0.39, 0.29) is 6.54 Å². The topological polar surface area (TPSA) is 84.5 Å². The summed E-state index contributed by atoms with van der Waals surface area (Å²) in [6.45, 7) is 3.11. The molecule has 2 aromatic carbocycles. The van der Waals surface area contributed by atoms with Gasteiger partial charge in [-0.25, -0.2) is 9.59 Å². The smallest absolute Gasteiger partial charge is 0.338 e. The highest BCUT2D eigenvalue weighted by atomic mass is 35.5. The van der Waals surface area contributed by atoms with Gasteiger partial charge in [0.25, 0.3) is 5.91 Å². The molecular formula is C20H19ClN2O4S. The van der Waals surface area contributed by atoms with Crippen molar-refractivity contribution in [3.63, 3.8) is 0 Å². The molecule has 0 saturated heterocycles. The van der Waals surface area contributed by atoms with Gasteiger partial charge in [0.1, 0.15) is 0 Å². The van der Waals surface area contributed by atoms with Crippen molar-refractivity contribution in [1.82, 2.24) is 10.6 Å². The lowest BCUT2D eigenvalue weighted by Gasteiger charge is -2.07. The molecule has 0 saturated carbocycles. The maximum Gasteiger partial charge on any atom is 0.338 e. The van der Waals surface area contributed by atoms with E-state index in [0.29, 0.717) is 10.6 Å². The predicted molar refractivity (Wildman–Crippen MR) is 109 cm³/mol. The number of nitrogens with one attached hydrogen (secondary N) is 2. The zero-order valence-electron chi connectivity index (χ0n) is 14.9. The standard InChI is InChI=1S/C20H19ClN2O4S/c1-2-11-22-20(26)23-18(24)12-27-19(25)15-5-3-14(4-6-15)13-28-17-9-7-16(21)8-10-17/h2-10H,1,11-13H2,(H2,22,23,24,26). The van der Waals surface area contributed by atoms with E-state index in [9.17, 15) is 14.4 Å². The van der Waals surface area contributed by atoms with Crippen molar-refractivity contribution >= 4 is 41.3 Å². The number of hydrogen-bond acceptors (Lipinski definition) is 5. The van der Waals surface area contributed by atoms with Gasteiger partial charge in [-0.1, -0.05) is 29.8 Å². The van der Waals surface area contributed by atoms with E-state index in [1.54, 1.807) is 23.9 Å². The Morgan fingerprint density at radius 3 is 2.39 bits per heavy atom. The summed E-state index contributed by atoms with van der Waals surface area (Å²) in [5, 5.41) is 5.11. The minimum atomic E-state index is -0.717. The number of amides is 3. The average molecular weight is 419 g/mol. The van der Waals surface area contributed by atoms with Crippen LogP contribution in [0, 0.1) is 0 Å². The molecule has 0 fully saturated rings. The van der Waals surface area contributed by atoms with E-state index in [0.717, 1.165) is 16.2 Å². The lowest BCUT2D eigenvalue weighted by Crippen LogP contribution is -2.41. The molecule has 0 aliphatic carbocycles. The summed E-state index contributed by atoms with van der Waals surface area (Å²) in [6.07, 6.45) is 1.47. The van der Waals surface area contributed by atoms with Gasteiger partial charge in [-0.15, -0.1) is 18.3 Å². The fourth-order valence-corrected chi connectivity index (χ4v) is 3.00. The zero-order valence-corrected chi connectivity index (χ0v) is 16.5. The van der Waals surface area contributed by atoms with Crippen molar-refractivity contribution in [1.29, 1.82) is 0 Å². The highest BCUT2D eigenvalue weighted by Gasteiger charge is 2.12. The predicted octanol–water partition coefficient (Wildman–Crippen LogP) is 3.80. The number of esters is 1. The Balaban J connectivity index is 1.77. The van der Waals surface area contributed by atoms with E-state index in [4.69, 9.17) is 16.3 Å². The van der Waals surface area contributed by atoms with Crippen LogP contribution in [0.5, 0.6) is 0 Å². The average Bonchev–Trinajstić information content (AvgIpc) is 2.70. The van der Waals surface area contributed by atoms with Crippen molar-refractivity contribution in [3.05, 3.63) is 77.3 Å². The number of imide groups is 1. The number of ether oxygens (including phenoxy) is 1. The lowest BCUT2D eigenvalue weighted by molar-refractivity contribution is -0.123. The molecular weight excluding hydrogens is 400 g/mol. The number of carbonyl (C=O) groups excluding carboxylic acids is 3. The van der Waals surface area contributed by atoms with Crippen LogP contribution < -0.4 is 10.6 Å². The van der Waals surface area contributed by atoms with Gasteiger partial charge in [-0.05, 0) is 42.0 Å². The number of rotatable bonds is 8. The summed E-state index contributed by atoms with van der Waals surface area (Å²) < 4.78 is 4.91. The van der Waals surface area contributed by atoms with Gasteiger partial charge >= 0.3 is 12.0 Å². The van der Waals surface area contributed by atoms with Crippen LogP contribution in [-0.4, -0.2) is 31.1 Å². The molecule has 3 amide bonds. The lowest BCUT2D eigenvalue weighted by atomic mass is 10.1. The minimum absolute atomic E-state index is 0.224. The van der Waals surface area contributed by atoms with Crippen LogP contribution in [0.3, 0.4) is 0 Å². The first-order valence-electron chi connectivity index (χ1n) is 8.31. The molecule has 8 heteroatoms. The van der Waals surface area contributed by atoms with Crippen molar-refractivity contribution in [2.45, 2.75) is 10.6 Å². The monoisotopic (exact) mass is 418 g/mol. The summed E-state index contributed by atoms with van der Waals surface area (Å²) in [5.41, 5.74) is 1.36. The van der Waals surface area contributed by atoms with E-state index in [2.05, 4.69) is 11.9 Å². The van der Waals surface area contributed by atoms with E-state index >= 15 is 0 Å². The van der Waals surface area contributed by atoms with E-state index in [1.165, 1.54) is 6.08 Å². The first-order valence-corrected chi connectivity index (χ1v) is 9.67. The van der Waals surface area contributed by atoms with Crippen LogP contribution in [-0.2, 0) is 15.3 Å². The molecule has 6 nitrogen and oxygen atoms in total. The quantitative estimate of drug-likeness (QED) is 0.387. The summed E-state index contributed by atoms with van der Waals surface area (Å²) in [6, 6.07) is 13.8. The molecule has 0 bridgehead atoms. The molecule has 0 spiro atoms. The fourth-order valence-electron chi connectivity index (χ4n) is 2.02. The van der Waals surface area contributed by atoms with Crippen molar-refractivity contribution in [2.75, 3.05) is 13.2 Å². The Morgan fingerprint density at radius 1 is 1.07 bits per heavy atom. The molecule has 146 valence electrons. The third-order valence-corrected chi connectivity index (χ3v) is 4.74. The van der Waals surface area contributed by atoms with Crippen LogP contribution in [0.15, 0.2) is 66.1 Å². The zero-order chi connectivity index (χ0) is 20.4.